The molecule has 4 rings (SSSR count). The molecule has 0 radical (unpaired) electrons. The van der Waals surface area contributed by atoms with Crippen molar-refractivity contribution in [1.82, 2.24) is 4.98 Å². The molecule has 0 saturated heterocycles. The Bertz CT molecular complexity index is 952. The van der Waals surface area contributed by atoms with Crippen molar-refractivity contribution in [3.8, 4) is 11.3 Å². The lowest BCUT2D eigenvalue weighted by molar-refractivity contribution is 0.666. The number of hydrogen-bond acceptors (Lipinski definition) is 2. The van der Waals surface area contributed by atoms with Gasteiger partial charge in [0, 0.05) is 22.5 Å². The fourth-order valence-electron chi connectivity index (χ4n) is 2.82. The molecule has 0 unspecified atom stereocenters. The number of para-hydroxylation sites is 1. The first-order valence-corrected chi connectivity index (χ1v) is 7.08. The van der Waals surface area contributed by atoms with Crippen LogP contribution in [0.3, 0.4) is 0 Å². The first kappa shape index (κ1) is 12.2. The highest BCUT2D eigenvalue weighted by molar-refractivity contribution is 6.10. The number of nitrogens with zero attached hydrogens (tertiary/aromatic N) is 1. The molecule has 0 aliphatic carbocycles. The van der Waals surface area contributed by atoms with E-state index in [4.69, 9.17) is 4.42 Å². The zero-order valence-corrected chi connectivity index (χ0v) is 12.1. The van der Waals surface area contributed by atoms with E-state index in [0.717, 1.165) is 27.8 Å². The minimum Gasteiger partial charge on any atom is -0.455 e. The molecule has 0 spiro atoms. The molecular weight excluding hydrogens is 258 g/mol. The summed E-state index contributed by atoms with van der Waals surface area (Å²) in [4.78, 5) is 4.45. The first-order valence-electron chi connectivity index (χ1n) is 7.08. The zero-order valence-electron chi connectivity index (χ0n) is 12.1. The van der Waals surface area contributed by atoms with Gasteiger partial charge in [0.15, 0.2) is 0 Å². The van der Waals surface area contributed by atoms with Gasteiger partial charge < -0.3 is 4.42 Å². The number of pyridine rings is 1. The molecule has 21 heavy (non-hydrogen) atoms. The summed E-state index contributed by atoms with van der Waals surface area (Å²) >= 11 is 0. The highest BCUT2D eigenvalue weighted by atomic mass is 16.3. The first-order chi connectivity index (χ1) is 10.3. The second-order valence-corrected chi connectivity index (χ2v) is 5.38. The minimum absolute atomic E-state index is 0.917. The van der Waals surface area contributed by atoms with Gasteiger partial charge in [-0.3, -0.25) is 4.98 Å². The van der Waals surface area contributed by atoms with E-state index >= 15 is 0 Å². The molecule has 0 atom stereocenters. The fraction of sp³-hybridized carbons (Fsp3) is 0.105. The quantitative estimate of drug-likeness (QED) is 0.472. The number of furan rings is 1. The van der Waals surface area contributed by atoms with Gasteiger partial charge in [0.05, 0.1) is 5.69 Å². The van der Waals surface area contributed by atoms with E-state index in [9.17, 15) is 0 Å². The van der Waals surface area contributed by atoms with Gasteiger partial charge in [-0.25, -0.2) is 0 Å². The van der Waals surface area contributed by atoms with Crippen molar-refractivity contribution in [1.29, 1.82) is 0 Å². The van der Waals surface area contributed by atoms with E-state index < -0.39 is 0 Å². The molecule has 2 aromatic heterocycles. The fourth-order valence-corrected chi connectivity index (χ4v) is 2.82. The summed E-state index contributed by atoms with van der Waals surface area (Å²) < 4.78 is 6.21. The van der Waals surface area contributed by atoms with Crippen LogP contribution in [-0.4, -0.2) is 4.98 Å². The lowest BCUT2D eigenvalue weighted by Gasteiger charge is -2.00. The Morgan fingerprint density at radius 3 is 2.48 bits per heavy atom. The number of aryl methyl sites for hydroxylation is 2. The van der Waals surface area contributed by atoms with Crippen molar-refractivity contribution < 1.29 is 4.42 Å². The Hall–Kier alpha value is -2.61. The smallest absolute Gasteiger partial charge is 0.144 e. The third-order valence-electron chi connectivity index (χ3n) is 4.13. The maximum atomic E-state index is 6.21. The molecule has 2 aromatic carbocycles. The number of rotatable bonds is 1. The molecule has 0 saturated carbocycles. The lowest BCUT2D eigenvalue weighted by atomic mass is 10.0. The number of benzene rings is 2. The van der Waals surface area contributed by atoms with E-state index in [1.165, 1.54) is 16.5 Å². The summed E-state index contributed by atoms with van der Waals surface area (Å²) in [5.74, 6) is 0. The van der Waals surface area contributed by atoms with Gasteiger partial charge in [-0.2, -0.15) is 0 Å². The minimum atomic E-state index is 0.917. The van der Waals surface area contributed by atoms with Crippen LogP contribution in [0.5, 0.6) is 0 Å². The predicted octanol–water partition coefficient (Wildman–Crippen LogP) is 5.26. The maximum absolute atomic E-state index is 6.21. The third-order valence-corrected chi connectivity index (χ3v) is 4.13. The predicted molar refractivity (Wildman–Crippen MR) is 86.4 cm³/mol. The van der Waals surface area contributed by atoms with Gasteiger partial charge in [-0.15, -0.1) is 0 Å². The van der Waals surface area contributed by atoms with Gasteiger partial charge >= 0.3 is 0 Å². The van der Waals surface area contributed by atoms with E-state index in [-0.39, 0.29) is 0 Å². The largest absolute Gasteiger partial charge is 0.455 e. The molecule has 0 amide bonds. The Kier molecular flexibility index (Phi) is 2.58. The molecule has 2 nitrogen and oxygen atoms in total. The van der Waals surface area contributed by atoms with Crippen LogP contribution in [0.1, 0.15) is 11.1 Å². The standard InChI is InChI=1S/C19H15NO/c1-12-9-10-15-14-6-5-7-16(17-8-3-4-11-20-17)19(14)21-18(15)13(12)2/h3-11H,1-2H3. The van der Waals surface area contributed by atoms with Crippen molar-refractivity contribution in [2.75, 3.05) is 0 Å². The topological polar surface area (TPSA) is 26.0 Å². The average molecular weight is 273 g/mol. The summed E-state index contributed by atoms with van der Waals surface area (Å²) in [5.41, 5.74) is 6.34. The van der Waals surface area contributed by atoms with Crippen molar-refractivity contribution in [2.45, 2.75) is 13.8 Å². The molecule has 0 bridgehead atoms. The van der Waals surface area contributed by atoms with Gasteiger partial charge in [0.1, 0.15) is 11.2 Å². The molecular formula is C19H15NO. The Morgan fingerprint density at radius 1 is 0.810 bits per heavy atom. The average Bonchev–Trinajstić information content (AvgIpc) is 2.91. The molecule has 0 fully saturated rings. The highest BCUT2D eigenvalue weighted by Gasteiger charge is 2.14. The van der Waals surface area contributed by atoms with Crippen LogP contribution in [0.4, 0.5) is 0 Å². The zero-order chi connectivity index (χ0) is 14.4. The summed E-state index contributed by atoms with van der Waals surface area (Å²) in [6.07, 6.45) is 1.81. The van der Waals surface area contributed by atoms with Gasteiger partial charge in [0.25, 0.3) is 0 Å². The molecule has 0 N–H and O–H groups in total. The Balaban J connectivity index is 2.13. The van der Waals surface area contributed by atoms with Crippen molar-refractivity contribution in [3.63, 3.8) is 0 Å². The van der Waals surface area contributed by atoms with Gasteiger partial charge in [-0.1, -0.05) is 30.3 Å². The monoisotopic (exact) mass is 273 g/mol. The lowest BCUT2D eigenvalue weighted by Crippen LogP contribution is -1.81. The highest BCUT2D eigenvalue weighted by Crippen LogP contribution is 2.36. The van der Waals surface area contributed by atoms with Gasteiger partial charge in [-0.05, 0) is 43.2 Å². The van der Waals surface area contributed by atoms with Crippen molar-refractivity contribution in [3.05, 3.63) is 65.9 Å². The molecule has 0 aliphatic heterocycles. The van der Waals surface area contributed by atoms with Gasteiger partial charge in [0.2, 0.25) is 0 Å². The number of aromatic nitrogens is 1. The van der Waals surface area contributed by atoms with Crippen LogP contribution in [-0.2, 0) is 0 Å². The summed E-state index contributed by atoms with van der Waals surface area (Å²) in [6, 6.07) is 16.5. The second kappa shape index (κ2) is 4.45. The number of fused-ring (bicyclic) bond motifs is 3. The van der Waals surface area contributed by atoms with E-state index in [2.05, 4.69) is 49.2 Å². The van der Waals surface area contributed by atoms with Crippen LogP contribution in [0.2, 0.25) is 0 Å². The van der Waals surface area contributed by atoms with E-state index in [0.29, 0.717) is 0 Å². The van der Waals surface area contributed by atoms with E-state index in [1.54, 1.807) is 0 Å². The molecule has 102 valence electrons. The third kappa shape index (κ3) is 1.76. The normalized spacial score (nSPS) is 11.3. The van der Waals surface area contributed by atoms with Crippen molar-refractivity contribution in [2.24, 2.45) is 0 Å². The SMILES string of the molecule is Cc1ccc2c(oc3c(-c4ccccn4)cccc32)c1C. The van der Waals surface area contributed by atoms with E-state index in [1.807, 2.05) is 24.4 Å². The summed E-state index contributed by atoms with van der Waals surface area (Å²) in [7, 11) is 0. The van der Waals surface area contributed by atoms with Crippen molar-refractivity contribution >= 4 is 21.9 Å². The van der Waals surface area contributed by atoms with Crippen LogP contribution >= 0.6 is 0 Å². The summed E-state index contributed by atoms with van der Waals surface area (Å²) in [5, 5.41) is 2.32. The Labute approximate surface area is 123 Å². The van der Waals surface area contributed by atoms with Crippen LogP contribution in [0.25, 0.3) is 33.2 Å². The molecule has 2 heteroatoms. The molecule has 0 aliphatic rings. The Morgan fingerprint density at radius 2 is 1.67 bits per heavy atom. The molecule has 4 aromatic rings. The second-order valence-electron chi connectivity index (χ2n) is 5.38. The van der Waals surface area contributed by atoms with Crippen LogP contribution < -0.4 is 0 Å². The summed E-state index contributed by atoms with van der Waals surface area (Å²) in [6.45, 7) is 4.22. The van der Waals surface area contributed by atoms with Crippen LogP contribution in [0, 0.1) is 13.8 Å². The molecule has 2 heterocycles. The maximum Gasteiger partial charge on any atom is 0.144 e. The number of hydrogen-bond donors (Lipinski definition) is 0. The van der Waals surface area contributed by atoms with Crippen LogP contribution in [0.15, 0.2) is 59.1 Å².